The number of aromatic nitrogens is 4. The molecular formula is C23H26N6O. The van der Waals surface area contributed by atoms with Crippen LogP contribution in [-0.4, -0.2) is 32.8 Å². The van der Waals surface area contributed by atoms with Gasteiger partial charge in [0.25, 0.3) is 0 Å². The maximum Gasteiger partial charge on any atom is 0.164 e. The predicted molar refractivity (Wildman–Crippen MR) is 120 cm³/mol. The fraction of sp³-hybridized carbons (Fsp3) is 0.261. The second-order valence-electron chi connectivity index (χ2n) is 7.06. The molecular weight excluding hydrogens is 376 g/mol. The van der Waals surface area contributed by atoms with Gasteiger partial charge in [-0.15, -0.1) is 0 Å². The number of rotatable bonds is 8. The molecule has 2 aromatic carbocycles. The summed E-state index contributed by atoms with van der Waals surface area (Å²) in [5.41, 5.74) is 8.72. The number of benzene rings is 2. The Hall–Kier alpha value is -3.45. The SMILES string of the molecule is CCNCC(CC)n1nc(-c2ccc(Oc3ccccc3)cc2)c2c(N)ncnc21. The molecule has 30 heavy (non-hydrogen) atoms. The number of ether oxygens (including phenoxy) is 1. The van der Waals surface area contributed by atoms with Crippen molar-refractivity contribution in [2.45, 2.75) is 26.3 Å². The Labute approximate surface area is 175 Å². The van der Waals surface area contributed by atoms with E-state index >= 15 is 0 Å². The lowest BCUT2D eigenvalue weighted by atomic mass is 10.1. The van der Waals surface area contributed by atoms with Gasteiger partial charge in [-0.05, 0) is 49.4 Å². The summed E-state index contributed by atoms with van der Waals surface area (Å²) in [6.45, 7) is 5.97. The van der Waals surface area contributed by atoms with E-state index in [1.807, 2.05) is 59.3 Å². The van der Waals surface area contributed by atoms with Crippen LogP contribution in [0.15, 0.2) is 60.9 Å². The molecule has 3 N–H and O–H groups in total. The first-order chi connectivity index (χ1) is 14.7. The van der Waals surface area contributed by atoms with Crippen molar-refractivity contribution in [2.75, 3.05) is 18.8 Å². The van der Waals surface area contributed by atoms with Crippen LogP contribution in [0.1, 0.15) is 26.3 Å². The van der Waals surface area contributed by atoms with Crippen molar-refractivity contribution in [1.82, 2.24) is 25.1 Å². The van der Waals surface area contributed by atoms with Crippen molar-refractivity contribution < 1.29 is 4.74 Å². The van der Waals surface area contributed by atoms with Crippen LogP contribution in [0.2, 0.25) is 0 Å². The molecule has 7 heteroatoms. The molecule has 0 aliphatic heterocycles. The maximum absolute atomic E-state index is 6.24. The largest absolute Gasteiger partial charge is 0.457 e. The lowest BCUT2D eigenvalue weighted by Gasteiger charge is -2.16. The second kappa shape index (κ2) is 8.92. The third kappa shape index (κ3) is 3.97. The van der Waals surface area contributed by atoms with Gasteiger partial charge < -0.3 is 15.8 Å². The van der Waals surface area contributed by atoms with Crippen LogP contribution in [0.4, 0.5) is 5.82 Å². The monoisotopic (exact) mass is 402 g/mol. The topological polar surface area (TPSA) is 90.9 Å². The van der Waals surface area contributed by atoms with Gasteiger partial charge in [-0.3, -0.25) is 0 Å². The third-order valence-corrected chi connectivity index (χ3v) is 5.07. The Morgan fingerprint density at radius 1 is 1.00 bits per heavy atom. The van der Waals surface area contributed by atoms with Crippen LogP contribution in [0, 0.1) is 0 Å². The molecule has 2 heterocycles. The van der Waals surface area contributed by atoms with Gasteiger partial charge in [0, 0.05) is 12.1 Å². The normalized spacial score (nSPS) is 12.2. The average Bonchev–Trinajstić information content (AvgIpc) is 3.17. The van der Waals surface area contributed by atoms with E-state index < -0.39 is 0 Å². The molecule has 1 atom stereocenters. The van der Waals surface area contributed by atoms with E-state index in [-0.39, 0.29) is 6.04 Å². The van der Waals surface area contributed by atoms with Gasteiger partial charge in [-0.25, -0.2) is 14.6 Å². The highest BCUT2D eigenvalue weighted by molar-refractivity contribution is 5.98. The number of para-hydroxylation sites is 1. The average molecular weight is 403 g/mol. The molecule has 0 bridgehead atoms. The zero-order valence-corrected chi connectivity index (χ0v) is 17.2. The Kier molecular flexibility index (Phi) is 5.90. The van der Waals surface area contributed by atoms with Crippen molar-refractivity contribution in [3.8, 4) is 22.8 Å². The van der Waals surface area contributed by atoms with E-state index in [4.69, 9.17) is 15.6 Å². The van der Waals surface area contributed by atoms with Crippen molar-refractivity contribution in [3.63, 3.8) is 0 Å². The number of anilines is 1. The molecule has 0 spiro atoms. The van der Waals surface area contributed by atoms with Gasteiger partial charge in [0.15, 0.2) is 5.65 Å². The Morgan fingerprint density at radius 2 is 1.73 bits per heavy atom. The van der Waals surface area contributed by atoms with E-state index in [2.05, 4.69) is 29.1 Å². The Bertz CT molecular complexity index is 1110. The summed E-state index contributed by atoms with van der Waals surface area (Å²) in [5.74, 6) is 1.99. The molecule has 1 unspecified atom stereocenters. The van der Waals surface area contributed by atoms with Gasteiger partial charge >= 0.3 is 0 Å². The summed E-state index contributed by atoms with van der Waals surface area (Å²) in [7, 11) is 0. The smallest absolute Gasteiger partial charge is 0.164 e. The third-order valence-electron chi connectivity index (χ3n) is 5.07. The number of nitrogens with two attached hydrogens (primary N) is 1. The van der Waals surface area contributed by atoms with Crippen LogP contribution in [0.3, 0.4) is 0 Å². The minimum atomic E-state index is 0.177. The van der Waals surface area contributed by atoms with Crippen LogP contribution in [-0.2, 0) is 0 Å². The lowest BCUT2D eigenvalue weighted by molar-refractivity contribution is 0.426. The number of nitrogen functional groups attached to an aromatic ring is 1. The van der Waals surface area contributed by atoms with Crippen LogP contribution >= 0.6 is 0 Å². The summed E-state index contributed by atoms with van der Waals surface area (Å²) in [6.07, 6.45) is 2.42. The van der Waals surface area contributed by atoms with E-state index in [0.717, 1.165) is 53.3 Å². The molecule has 0 aliphatic rings. The summed E-state index contributed by atoms with van der Waals surface area (Å²) in [6, 6.07) is 17.7. The maximum atomic E-state index is 6.24. The van der Waals surface area contributed by atoms with Gasteiger partial charge in [0.05, 0.1) is 11.4 Å². The van der Waals surface area contributed by atoms with Gasteiger partial charge in [0.2, 0.25) is 0 Å². The number of nitrogens with zero attached hydrogens (tertiary/aromatic N) is 4. The highest BCUT2D eigenvalue weighted by atomic mass is 16.5. The predicted octanol–water partition coefficient (Wildman–Crippen LogP) is 4.43. The minimum Gasteiger partial charge on any atom is -0.457 e. The quantitative estimate of drug-likeness (QED) is 0.453. The summed E-state index contributed by atoms with van der Waals surface area (Å²) >= 11 is 0. The van der Waals surface area contributed by atoms with Gasteiger partial charge in [-0.2, -0.15) is 5.10 Å². The summed E-state index contributed by atoms with van der Waals surface area (Å²) in [5, 5.41) is 9.10. The van der Waals surface area contributed by atoms with Gasteiger partial charge in [0.1, 0.15) is 29.3 Å². The molecule has 4 aromatic rings. The molecule has 0 saturated carbocycles. The Morgan fingerprint density at radius 3 is 2.43 bits per heavy atom. The minimum absolute atomic E-state index is 0.177. The molecule has 154 valence electrons. The Balaban J connectivity index is 1.71. The molecule has 0 radical (unpaired) electrons. The van der Waals surface area contributed by atoms with Crippen LogP contribution in [0.5, 0.6) is 11.5 Å². The molecule has 0 aliphatic carbocycles. The zero-order chi connectivity index (χ0) is 20.9. The summed E-state index contributed by atoms with van der Waals surface area (Å²) in [4.78, 5) is 8.70. The fourth-order valence-electron chi connectivity index (χ4n) is 3.47. The van der Waals surface area contributed by atoms with Crippen LogP contribution in [0.25, 0.3) is 22.3 Å². The van der Waals surface area contributed by atoms with E-state index in [1.165, 1.54) is 6.33 Å². The first-order valence-corrected chi connectivity index (χ1v) is 10.2. The number of hydrogen-bond donors (Lipinski definition) is 2. The number of fused-ring (bicyclic) bond motifs is 1. The first-order valence-electron chi connectivity index (χ1n) is 10.2. The molecule has 0 fully saturated rings. The number of hydrogen-bond acceptors (Lipinski definition) is 6. The zero-order valence-electron chi connectivity index (χ0n) is 17.2. The number of nitrogens with one attached hydrogen (secondary N) is 1. The highest BCUT2D eigenvalue weighted by Crippen LogP contribution is 2.33. The van der Waals surface area contributed by atoms with Gasteiger partial charge in [-0.1, -0.05) is 32.0 Å². The van der Waals surface area contributed by atoms with Crippen molar-refractivity contribution >= 4 is 16.9 Å². The molecule has 4 rings (SSSR count). The highest BCUT2D eigenvalue weighted by Gasteiger charge is 2.21. The van der Waals surface area contributed by atoms with Crippen LogP contribution < -0.4 is 15.8 Å². The summed E-state index contributed by atoms with van der Waals surface area (Å²) < 4.78 is 7.87. The van der Waals surface area contributed by atoms with Crippen molar-refractivity contribution in [2.24, 2.45) is 0 Å². The van der Waals surface area contributed by atoms with E-state index in [0.29, 0.717) is 5.82 Å². The molecule has 7 nitrogen and oxygen atoms in total. The standard InChI is InChI=1S/C23H26N6O/c1-3-17(14-25-4-2)29-23-20(22(24)26-15-27-23)21(28-29)16-10-12-19(13-11-16)30-18-8-6-5-7-9-18/h5-13,15,17,25H,3-4,14H2,1-2H3,(H2,24,26,27). The van der Waals surface area contributed by atoms with Crippen molar-refractivity contribution in [3.05, 3.63) is 60.9 Å². The molecule has 2 aromatic heterocycles. The molecule has 0 saturated heterocycles. The van der Waals surface area contributed by atoms with E-state index in [9.17, 15) is 0 Å². The lowest BCUT2D eigenvalue weighted by Crippen LogP contribution is -2.25. The van der Waals surface area contributed by atoms with Crippen molar-refractivity contribution in [1.29, 1.82) is 0 Å². The van der Waals surface area contributed by atoms with E-state index in [1.54, 1.807) is 0 Å². The molecule has 0 amide bonds. The second-order valence-corrected chi connectivity index (χ2v) is 7.06. The fourth-order valence-corrected chi connectivity index (χ4v) is 3.47. The number of likely N-dealkylation sites (N-methyl/N-ethyl adjacent to an activating group) is 1. The first kappa shape index (κ1) is 19.8.